The van der Waals surface area contributed by atoms with Gasteiger partial charge in [0, 0.05) is 10.5 Å². The SMILES string of the molecule is Brc1ccccc1C[C@@H]1CCCCN1. The summed E-state index contributed by atoms with van der Waals surface area (Å²) in [4.78, 5) is 0. The summed E-state index contributed by atoms with van der Waals surface area (Å²) in [5, 5.41) is 3.57. The van der Waals surface area contributed by atoms with Gasteiger partial charge >= 0.3 is 0 Å². The first-order valence-electron chi connectivity index (χ1n) is 5.33. The van der Waals surface area contributed by atoms with Gasteiger partial charge in [-0.15, -0.1) is 0 Å². The van der Waals surface area contributed by atoms with Gasteiger partial charge in [-0.05, 0) is 37.4 Å². The molecule has 2 rings (SSSR count). The van der Waals surface area contributed by atoms with Crippen molar-refractivity contribution in [2.24, 2.45) is 0 Å². The molecule has 1 fully saturated rings. The van der Waals surface area contributed by atoms with Crippen LogP contribution in [-0.2, 0) is 6.42 Å². The van der Waals surface area contributed by atoms with E-state index in [1.807, 2.05) is 0 Å². The maximum Gasteiger partial charge on any atom is 0.0207 e. The minimum atomic E-state index is 0.683. The molecule has 0 amide bonds. The molecule has 1 nitrogen and oxygen atoms in total. The Morgan fingerprint density at radius 2 is 2.14 bits per heavy atom. The fourth-order valence-corrected chi connectivity index (χ4v) is 2.47. The van der Waals surface area contributed by atoms with Crippen molar-refractivity contribution in [2.75, 3.05) is 6.54 Å². The van der Waals surface area contributed by atoms with Crippen LogP contribution in [0.5, 0.6) is 0 Å². The van der Waals surface area contributed by atoms with Crippen LogP contribution in [0.2, 0.25) is 0 Å². The molecule has 0 unspecified atom stereocenters. The minimum Gasteiger partial charge on any atom is -0.314 e. The van der Waals surface area contributed by atoms with Crippen molar-refractivity contribution >= 4 is 15.9 Å². The summed E-state index contributed by atoms with van der Waals surface area (Å²) in [6.45, 7) is 1.19. The zero-order valence-electron chi connectivity index (χ0n) is 8.30. The standard InChI is InChI=1S/C12H16BrN/c13-12-7-2-1-5-10(12)9-11-6-3-4-8-14-11/h1-2,5,7,11,14H,3-4,6,8-9H2/t11-/m0/s1. The van der Waals surface area contributed by atoms with Crippen LogP contribution < -0.4 is 5.32 Å². The maximum atomic E-state index is 3.60. The zero-order valence-corrected chi connectivity index (χ0v) is 9.89. The Morgan fingerprint density at radius 1 is 1.29 bits per heavy atom. The zero-order chi connectivity index (χ0) is 9.80. The summed E-state index contributed by atoms with van der Waals surface area (Å²) >= 11 is 3.60. The van der Waals surface area contributed by atoms with Gasteiger partial charge < -0.3 is 5.32 Å². The lowest BCUT2D eigenvalue weighted by molar-refractivity contribution is 0.399. The molecular weight excluding hydrogens is 238 g/mol. The smallest absolute Gasteiger partial charge is 0.0207 e. The van der Waals surface area contributed by atoms with E-state index in [1.54, 1.807) is 0 Å². The first-order chi connectivity index (χ1) is 6.86. The van der Waals surface area contributed by atoms with E-state index >= 15 is 0 Å². The highest BCUT2D eigenvalue weighted by molar-refractivity contribution is 9.10. The summed E-state index contributed by atoms with van der Waals surface area (Å²) in [5.74, 6) is 0. The molecular formula is C12H16BrN. The highest BCUT2D eigenvalue weighted by atomic mass is 79.9. The number of hydrogen-bond donors (Lipinski definition) is 1. The molecule has 0 spiro atoms. The van der Waals surface area contributed by atoms with Crippen molar-refractivity contribution in [1.82, 2.24) is 5.32 Å². The molecule has 1 atom stereocenters. The van der Waals surface area contributed by atoms with Crippen LogP contribution in [0, 0.1) is 0 Å². The monoisotopic (exact) mass is 253 g/mol. The summed E-state index contributed by atoms with van der Waals surface area (Å²) in [5.41, 5.74) is 1.42. The van der Waals surface area contributed by atoms with Gasteiger partial charge in [-0.3, -0.25) is 0 Å². The normalized spacial score (nSPS) is 22.2. The minimum absolute atomic E-state index is 0.683. The molecule has 14 heavy (non-hydrogen) atoms. The molecule has 1 aliphatic rings. The molecule has 0 aromatic heterocycles. The summed E-state index contributed by atoms with van der Waals surface area (Å²) < 4.78 is 1.24. The number of rotatable bonds is 2. The lowest BCUT2D eigenvalue weighted by atomic mass is 9.98. The Bertz CT molecular complexity index is 292. The molecule has 1 heterocycles. The van der Waals surface area contributed by atoms with Gasteiger partial charge in [0.15, 0.2) is 0 Å². The molecule has 1 aromatic rings. The average Bonchev–Trinajstić information content (AvgIpc) is 2.23. The predicted octanol–water partition coefficient (Wildman–Crippen LogP) is 3.13. The summed E-state index contributed by atoms with van der Waals surface area (Å²) in [6, 6.07) is 9.20. The van der Waals surface area contributed by atoms with Crippen LogP contribution in [0.3, 0.4) is 0 Å². The average molecular weight is 254 g/mol. The second-order valence-corrected chi connectivity index (χ2v) is 4.80. The van der Waals surface area contributed by atoms with Crippen LogP contribution in [-0.4, -0.2) is 12.6 Å². The number of piperidine rings is 1. The van der Waals surface area contributed by atoms with E-state index in [1.165, 1.54) is 35.8 Å². The fraction of sp³-hybridized carbons (Fsp3) is 0.500. The molecule has 1 aromatic carbocycles. The van der Waals surface area contributed by atoms with Crippen molar-refractivity contribution in [3.63, 3.8) is 0 Å². The van der Waals surface area contributed by atoms with Crippen molar-refractivity contribution in [1.29, 1.82) is 0 Å². The topological polar surface area (TPSA) is 12.0 Å². The highest BCUT2D eigenvalue weighted by Gasteiger charge is 2.13. The number of benzene rings is 1. The maximum absolute atomic E-state index is 3.60. The Labute approximate surface area is 94.0 Å². The molecule has 0 aliphatic carbocycles. The van der Waals surface area contributed by atoms with Crippen molar-refractivity contribution < 1.29 is 0 Å². The Kier molecular flexibility index (Phi) is 3.60. The van der Waals surface area contributed by atoms with Gasteiger partial charge in [0.2, 0.25) is 0 Å². The van der Waals surface area contributed by atoms with Gasteiger partial charge in [-0.2, -0.15) is 0 Å². The molecule has 1 saturated heterocycles. The lowest BCUT2D eigenvalue weighted by Crippen LogP contribution is -2.35. The Hall–Kier alpha value is -0.340. The number of halogens is 1. The van der Waals surface area contributed by atoms with E-state index in [0.717, 1.165) is 6.42 Å². The third-order valence-electron chi connectivity index (χ3n) is 2.84. The lowest BCUT2D eigenvalue weighted by Gasteiger charge is -2.23. The first-order valence-corrected chi connectivity index (χ1v) is 6.12. The van der Waals surface area contributed by atoms with Crippen LogP contribution in [0.25, 0.3) is 0 Å². The summed E-state index contributed by atoms with van der Waals surface area (Å²) in [7, 11) is 0. The molecule has 0 radical (unpaired) electrons. The van der Waals surface area contributed by atoms with Crippen molar-refractivity contribution in [2.45, 2.75) is 31.7 Å². The molecule has 0 bridgehead atoms. The second-order valence-electron chi connectivity index (χ2n) is 3.94. The van der Waals surface area contributed by atoms with Gasteiger partial charge in [0.25, 0.3) is 0 Å². The molecule has 76 valence electrons. The molecule has 2 heteroatoms. The molecule has 0 saturated carbocycles. The van der Waals surface area contributed by atoms with Crippen LogP contribution in [0.4, 0.5) is 0 Å². The molecule has 1 N–H and O–H groups in total. The van der Waals surface area contributed by atoms with Gasteiger partial charge in [-0.25, -0.2) is 0 Å². The largest absolute Gasteiger partial charge is 0.314 e. The van der Waals surface area contributed by atoms with Crippen molar-refractivity contribution in [3.8, 4) is 0 Å². The third-order valence-corrected chi connectivity index (χ3v) is 3.61. The van der Waals surface area contributed by atoms with E-state index in [-0.39, 0.29) is 0 Å². The second kappa shape index (κ2) is 4.94. The fourth-order valence-electron chi connectivity index (χ4n) is 2.03. The third kappa shape index (κ3) is 2.58. The number of hydrogen-bond acceptors (Lipinski definition) is 1. The first kappa shape index (κ1) is 10.2. The van der Waals surface area contributed by atoms with Crippen LogP contribution >= 0.6 is 15.9 Å². The Balaban J connectivity index is 1.99. The van der Waals surface area contributed by atoms with Gasteiger partial charge in [-0.1, -0.05) is 40.5 Å². The van der Waals surface area contributed by atoms with E-state index in [2.05, 4.69) is 45.5 Å². The summed E-state index contributed by atoms with van der Waals surface area (Å²) in [6.07, 6.45) is 5.19. The van der Waals surface area contributed by atoms with E-state index in [4.69, 9.17) is 0 Å². The van der Waals surface area contributed by atoms with E-state index in [9.17, 15) is 0 Å². The van der Waals surface area contributed by atoms with Crippen molar-refractivity contribution in [3.05, 3.63) is 34.3 Å². The van der Waals surface area contributed by atoms with Crippen LogP contribution in [0.15, 0.2) is 28.7 Å². The van der Waals surface area contributed by atoms with Gasteiger partial charge in [0.05, 0.1) is 0 Å². The number of nitrogens with one attached hydrogen (secondary N) is 1. The van der Waals surface area contributed by atoms with E-state index in [0.29, 0.717) is 6.04 Å². The van der Waals surface area contributed by atoms with Crippen LogP contribution in [0.1, 0.15) is 24.8 Å². The molecule has 1 aliphatic heterocycles. The predicted molar refractivity (Wildman–Crippen MR) is 63.5 cm³/mol. The van der Waals surface area contributed by atoms with E-state index < -0.39 is 0 Å². The Morgan fingerprint density at radius 3 is 2.86 bits per heavy atom. The quantitative estimate of drug-likeness (QED) is 0.854. The van der Waals surface area contributed by atoms with Gasteiger partial charge in [0.1, 0.15) is 0 Å². The highest BCUT2D eigenvalue weighted by Crippen LogP contribution is 2.20.